The summed E-state index contributed by atoms with van der Waals surface area (Å²) in [6, 6.07) is 79.3. The van der Waals surface area contributed by atoms with Crippen LogP contribution >= 0.6 is 11.3 Å². The predicted octanol–water partition coefficient (Wildman–Crippen LogP) is 18.3. The average Bonchev–Trinajstić information content (AvgIpc) is 3.95. The van der Waals surface area contributed by atoms with Crippen LogP contribution in [-0.2, 0) is 10.8 Å². The molecule has 0 unspecified atom stereocenters. The molecule has 0 saturated heterocycles. The quantitative estimate of drug-likeness (QED) is 0.161. The number of hydrogen-bond donors (Lipinski definition) is 0. The molecule has 1 aromatic heterocycles. The van der Waals surface area contributed by atoms with Gasteiger partial charge >= 0.3 is 0 Å². The Morgan fingerprint density at radius 3 is 1.58 bits per heavy atom. The summed E-state index contributed by atoms with van der Waals surface area (Å²) in [6.45, 7) is 9.45. The van der Waals surface area contributed by atoms with Gasteiger partial charge in [0.25, 0.3) is 0 Å². The molecule has 0 N–H and O–H groups in total. The second kappa shape index (κ2) is 14.5. The minimum Gasteiger partial charge on any atom is -0.311 e. The molecule has 0 atom stereocenters. The van der Waals surface area contributed by atoms with Crippen LogP contribution in [0.4, 0.5) is 17.1 Å². The first kappa shape index (κ1) is 38.9. The van der Waals surface area contributed by atoms with E-state index in [4.69, 9.17) is 0 Å². The van der Waals surface area contributed by atoms with Crippen LogP contribution in [0.15, 0.2) is 212 Å². The molecule has 0 spiro atoms. The largest absolute Gasteiger partial charge is 0.311 e. The Balaban J connectivity index is 0.900. The first-order chi connectivity index (χ1) is 32.2. The lowest BCUT2D eigenvalue weighted by molar-refractivity contribution is 0.660. The monoisotopic (exact) mass is 861 g/mol. The van der Waals surface area contributed by atoms with E-state index in [9.17, 15) is 0 Å². The molecule has 2 aliphatic rings. The summed E-state index contributed by atoms with van der Waals surface area (Å²) in [7, 11) is 0. The van der Waals surface area contributed by atoms with Crippen LogP contribution in [0.1, 0.15) is 49.9 Å². The second-order valence-electron chi connectivity index (χ2n) is 19.2. The zero-order valence-electron chi connectivity index (χ0n) is 37.6. The lowest BCUT2D eigenvalue weighted by Gasteiger charge is -2.27. The number of rotatable bonds is 6. The number of anilines is 3. The third-order valence-corrected chi connectivity index (χ3v) is 16.1. The van der Waals surface area contributed by atoms with Crippen molar-refractivity contribution < 1.29 is 0 Å². The number of fused-ring (bicyclic) bond motifs is 11. The fourth-order valence-corrected chi connectivity index (χ4v) is 12.9. The minimum absolute atomic E-state index is 0.0486. The van der Waals surface area contributed by atoms with E-state index in [1.165, 1.54) is 109 Å². The summed E-state index contributed by atoms with van der Waals surface area (Å²) >= 11 is 1.90. The van der Waals surface area contributed by atoms with Crippen molar-refractivity contribution in [3.8, 4) is 55.6 Å². The van der Waals surface area contributed by atoms with Crippen LogP contribution in [0.5, 0.6) is 0 Å². The summed E-state index contributed by atoms with van der Waals surface area (Å²) in [5.74, 6) is 0. The molecule has 0 saturated carbocycles. The molecule has 2 heteroatoms. The highest BCUT2D eigenvalue weighted by atomic mass is 32.1. The first-order valence-electron chi connectivity index (χ1n) is 23.2. The highest BCUT2D eigenvalue weighted by Crippen LogP contribution is 2.53. The topological polar surface area (TPSA) is 3.24 Å². The Hall–Kier alpha value is -7.52. The van der Waals surface area contributed by atoms with E-state index >= 15 is 0 Å². The normalized spacial score (nSPS) is 14.0. The van der Waals surface area contributed by atoms with Gasteiger partial charge in [-0.15, -0.1) is 11.3 Å². The number of hydrogen-bond acceptors (Lipinski definition) is 2. The van der Waals surface area contributed by atoms with Crippen molar-refractivity contribution in [3.63, 3.8) is 0 Å². The smallest absolute Gasteiger partial charge is 0.0462 e. The van der Waals surface area contributed by atoms with Crippen LogP contribution in [0, 0.1) is 0 Å². The average molecular weight is 862 g/mol. The summed E-state index contributed by atoms with van der Waals surface area (Å²) in [5, 5.41) is 5.26. The molecule has 314 valence electrons. The number of thiophene rings is 1. The summed E-state index contributed by atoms with van der Waals surface area (Å²) < 4.78 is 2.67. The third-order valence-electron chi connectivity index (χ3n) is 14.9. The molecule has 1 nitrogen and oxygen atoms in total. The van der Waals surface area contributed by atoms with Gasteiger partial charge in [-0.2, -0.15) is 0 Å². The SMILES string of the molecule is CC1(C)c2ccccc2-c2ccc(-c3ccc(N(c4ccc(-c5cccc6c5C(C)(C)c5ccccc5-6)cc4)c4ccc(-c5cccc6sc7c8ccccc8ccc7c56)cc4)cc3)cc21. The summed E-state index contributed by atoms with van der Waals surface area (Å²) in [4.78, 5) is 2.40. The van der Waals surface area contributed by atoms with Crippen molar-refractivity contribution >= 4 is 59.3 Å². The molecule has 13 rings (SSSR count). The molecule has 0 fully saturated rings. The molecule has 0 radical (unpaired) electrons. The first-order valence-corrected chi connectivity index (χ1v) is 24.0. The van der Waals surface area contributed by atoms with Crippen LogP contribution in [0.3, 0.4) is 0 Å². The van der Waals surface area contributed by atoms with Crippen molar-refractivity contribution in [2.24, 2.45) is 0 Å². The Morgan fingerprint density at radius 1 is 0.348 bits per heavy atom. The molecule has 1 heterocycles. The van der Waals surface area contributed by atoms with E-state index in [-0.39, 0.29) is 10.8 Å². The lowest BCUT2D eigenvalue weighted by atomic mass is 9.79. The van der Waals surface area contributed by atoms with Crippen LogP contribution in [0.2, 0.25) is 0 Å². The Labute approximate surface area is 390 Å². The van der Waals surface area contributed by atoms with Crippen molar-refractivity contribution in [1.82, 2.24) is 0 Å². The van der Waals surface area contributed by atoms with Gasteiger partial charge in [0.1, 0.15) is 0 Å². The second-order valence-corrected chi connectivity index (χ2v) is 20.3. The van der Waals surface area contributed by atoms with Gasteiger partial charge < -0.3 is 4.90 Å². The highest BCUT2D eigenvalue weighted by Gasteiger charge is 2.38. The fourth-order valence-electron chi connectivity index (χ4n) is 11.6. The molecule has 66 heavy (non-hydrogen) atoms. The van der Waals surface area contributed by atoms with Gasteiger partial charge in [0.2, 0.25) is 0 Å². The van der Waals surface area contributed by atoms with Gasteiger partial charge in [0.05, 0.1) is 0 Å². The number of benzene rings is 10. The molecular weight excluding hydrogens is 815 g/mol. The number of nitrogens with zero attached hydrogens (tertiary/aromatic N) is 1. The van der Waals surface area contributed by atoms with Crippen molar-refractivity contribution in [3.05, 3.63) is 235 Å². The zero-order valence-corrected chi connectivity index (χ0v) is 38.4. The maximum Gasteiger partial charge on any atom is 0.0462 e. The van der Waals surface area contributed by atoms with Gasteiger partial charge in [-0.3, -0.25) is 0 Å². The van der Waals surface area contributed by atoms with E-state index in [0.29, 0.717) is 0 Å². The third kappa shape index (κ3) is 5.78. The summed E-state index contributed by atoms with van der Waals surface area (Å²) in [6.07, 6.45) is 0. The molecule has 11 aromatic rings. The van der Waals surface area contributed by atoms with Crippen molar-refractivity contribution in [2.45, 2.75) is 38.5 Å². The predicted molar refractivity (Wildman–Crippen MR) is 283 cm³/mol. The van der Waals surface area contributed by atoms with Crippen molar-refractivity contribution in [2.75, 3.05) is 4.90 Å². The highest BCUT2D eigenvalue weighted by molar-refractivity contribution is 7.26. The standard InChI is InChI=1S/C64H47NS/c1-63(2)56-20-9-7-15-51(56)53-37-30-44(39-58(53)63)40-23-31-45(32-24-40)65(47-35-27-43(28-36-47)49-18-11-19-54-52-16-8-10-21-57(52)64(3,4)61(49)54)46-33-25-42(26-34-46)48-17-12-22-59-60(48)55-38-29-41-13-5-6-14-50(41)62(55)66-59/h5-39H,1-4H3. The van der Waals surface area contributed by atoms with Gasteiger partial charge in [-0.25, -0.2) is 0 Å². The Morgan fingerprint density at radius 2 is 0.864 bits per heavy atom. The van der Waals surface area contributed by atoms with Crippen LogP contribution < -0.4 is 4.90 Å². The molecule has 0 amide bonds. The van der Waals surface area contributed by atoms with Gasteiger partial charge in [-0.05, 0) is 137 Å². The molecule has 0 bridgehead atoms. The molecule has 2 aliphatic carbocycles. The van der Waals surface area contributed by atoms with Crippen LogP contribution in [0.25, 0.3) is 86.6 Å². The van der Waals surface area contributed by atoms with Crippen LogP contribution in [-0.4, -0.2) is 0 Å². The summed E-state index contributed by atoms with van der Waals surface area (Å²) in [5.41, 5.74) is 21.6. The van der Waals surface area contributed by atoms with E-state index in [1.54, 1.807) is 0 Å². The van der Waals surface area contributed by atoms with Crippen molar-refractivity contribution in [1.29, 1.82) is 0 Å². The maximum atomic E-state index is 2.42. The van der Waals surface area contributed by atoms with Gasteiger partial charge in [0.15, 0.2) is 0 Å². The Bertz CT molecular complexity index is 3740. The zero-order chi connectivity index (χ0) is 44.3. The lowest BCUT2D eigenvalue weighted by Crippen LogP contribution is -2.16. The van der Waals surface area contributed by atoms with E-state index in [0.717, 1.165) is 17.1 Å². The Kier molecular flexibility index (Phi) is 8.54. The van der Waals surface area contributed by atoms with Gasteiger partial charge in [0, 0.05) is 48.1 Å². The maximum absolute atomic E-state index is 2.42. The molecule has 0 aliphatic heterocycles. The van der Waals surface area contributed by atoms with E-state index in [2.05, 4.69) is 245 Å². The van der Waals surface area contributed by atoms with E-state index < -0.39 is 0 Å². The molecular formula is C64H47NS. The fraction of sp³-hybridized carbons (Fsp3) is 0.0938. The van der Waals surface area contributed by atoms with Gasteiger partial charge in [-0.1, -0.05) is 191 Å². The molecule has 10 aromatic carbocycles. The minimum atomic E-state index is -0.0945. The van der Waals surface area contributed by atoms with E-state index in [1.807, 2.05) is 11.3 Å².